The lowest BCUT2D eigenvalue weighted by Crippen LogP contribution is -2.44. The molecule has 162 valence electrons. The van der Waals surface area contributed by atoms with E-state index in [4.69, 9.17) is 4.98 Å². The summed E-state index contributed by atoms with van der Waals surface area (Å²) in [5, 5.41) is 8.36. The summed E-state index contributed by atoms with van der Waals surface area (Å²) in [6.45, 7) is 6.06. The molecule has 0 amide bonds. The first-order valence-corrected chi connectivity index (χ1v) is 11.2. The van der Waals surface area contributed by atoms with Gasteiger partial charge in [0.25, 0.3) is 5.56 Å². The Morgan fingerprint density at radius 2 is 1.77 bits per heavy atom. The van der Waals surface area contributed by atoms with Gasteiger partial charge in [-0.2, -0.15) is 0 Å². The summed E-state index contributed by atoms with van der Waals surface area (Å²) in [5.41, 5.74) is 2.21. The maximum Gasteiger partial charge on any atom is 0.259 e. The topological polar surface area (TPSA) is 76.3 Å². The van der Waals surface area contributed by atoms with E-state index in [1.54, 1.807) is 6.20 Å². The van der Waals surface area contributed by atoms with Crippen LogP contribution in [0.4, 0.5) is 17.3 Å². The van der Waals surface area contributed by atoms with E-state index in [9.17, 15) is 4.79 Å². The Morgan fingerprint density at radius 3 is 2.52 bits per heavy atom. The number of pyridine rings is 2. The van der Waals surface area contributed by atoms with Crippen molar-refractivity contribution in [1.82, 2.24) is 20.2 Å². The zero-order valence-corrected chi connectivity index (χ0v) is 18.0. The van der Waals surface area contributed by atoms with Gasteiger partial charge in [-0.05, 0) is 74.1 Å². The zero-order valence-electron chi connectivity index (χ0n) is 18.0. The number of benzene rings is 1. The molecule has 0 atom stereocenters. The van der Waals surface area contributed by atoms with Crippen LogP contribution < -0.4 is 21.1 Å². The Kier molecular flexibility index (Phi) is 5.61. The van der Waals surface area contributed by atoms with E-state index in [-0.39, 0.29) is 5.56 Å². The van der Waals surface area contributed by atoms with Crippen LogP contribution in [0.2, 0.25) is 0 Å². The van der Waals surface area contributed by atoms with Gasteiger partial charge in [0, 0.05) is 38.1 Å². The van der Waals surface area contributed by atoms with Gasteiger partial charge in [-0.25, -0.2) is 4.98 Å². The van der Waals surface area contributed by atoms with Gasteiger partial charge in [-0.1, -0.05) is 12.1 Å². The number of hydrogen-bond acceptors (Lipinski definition) is 6. The highest BCUT2D eigenvalue weighted by molar-refractivity contribution is 5.94. The number of fused-ring (bicyclic) bond motifs is 1. The van der Waals surface area contributed by atoms with Crippen molar-refractivity contribution in [1.29, 1.82) is 0 Å². The van der Waals surface area contributed by atoms with Crippen LogP contribution in [0.1, 0.15) is 24.3 Å². The molecule has 2 aliphatic heterocycles. The third kappa shape index (κ3) is 4.29. The molecule has 2 aromatic heterocycles. The third-order valence-electron chi connectivity index (χ3n) is 6.55. The molecule has 0 saturated carbocycles. The number of rotatable bonds is 4. The lowest BCUT2D eigenvalue weighted by atomic mass is 9.90. The van der Waals surface area contributed by atoms with Crippen LogP contribution in [0.5, 0.6) is 0 Å². The normalized spacial score (nSPS) is 18.4. The van der Waals surface area contributed by atoms with Gasteiger partial charge in [-0.3, -0.25) is 4.79 Å². The van der Waals surface area contributed by atoms with Crippen molar-refractivity contribution >= 4 is 28.1 Å². The summed E-state index contributed by atoms with van der Waals surface area (Å²) >= 11 is 0. The van der Waals surface area contributed by atoms with Crippen LogP contribution in [0.3, 0.4) is 0 Å². The molecule has 0 unspecified atom stereocenters. The molecule has 0 bridgehead atoms. The molecule has 5 rings (SSSR count). The van der Waals surface area contributed by atoms with E-state index in [2.05, 4.69) is 56.7 Å². The van der Waals surface area contributed by atoms with Gasteiger partial charge >= 0.3 is 0 Å². The predicted molar refractivity (Wildman–Crippen MR) is 127 cm³/mol. The van der Waals surface area contributed by atoms with Crippen molar-refractivity contribution < 1.29 is 0 Å². The van der Waals surface area contributed by atoms with Crippen molar-refractivity contribution in [2.75, 3.05) is 56.5 Å². The van der Waals surface area contributed by atoms with Gasteiger partial charge in [-0.15, -0.1) is 0 Å². The Bertz CT molecular complexity index is 1100. The molecule has 3 aromatic rings. The summed E-state index contributed by atoms with van der Waals surface area (Å²) in [7, 11) is 2.14. The highest BCUT2D eigenvalue weighted by Crippen LogP contribution is 2.29. The maximum absolute atomic E-state index is 12.6. The lowest BCUT2D eigenvalue weighted by Gasteiger charge is -2.33. The first-order chi connectivity index (χ1) is 15.2. The number of anilines is 3. The van der Waals surface area contributed by atoms with E-state index in [1.165, 1.54) is 18.4 Å². The Morgan fingerprint density at radius 1 is 1.03 bits per heavy atom. The van der Waals surface area contributed by atoms with E-state index in [0.717, 1.165) is 56.2 Å². The molecule has 31 heavy (non-hydrogen) atoms. The van der Waals surface area contributed by atoms with Crippen molar-refractivity contribution in [3.63, 3.8) is 0 Å². The Labute approximate surface area is 182 Å². The van der Waals surface area contributed by atoms with Gasteiger partial charge in [0.2, 0.25) is 0 Å². The third-order valence-corrected chi connectivity index (χ3v) is 6.55. The SMILES string of the molecule is CN1CCN(c2cc3cc[nH]c(=O)c3c(Nc3ccc(C4CCNCC4)cc3)n2)CC1. The summed E-state index contributed by atoms with van der Waals surface area (Å²) in [6.07, 6.45) is 4.07. The average Bonchev–Trinajstić information content (AvgIpc) is 2.80. The van der Waals surface area contributed by atoms with E-state index >= 15 is 0 Å². The highest BCUT2D eigenvalue weighted by atomic mass is 16.1. The van der Waals surface area contributed by atoms with Crippen LogP contribution in [0, 0.1) is 0 Å². The second-order valence-corrected chi connectivity index (χ2v) is 8.66. The minimum atomic E-state index is -0.122. The number of hydrogen-bond donors (Lipinski definition) is 3. The van der Waals surface area contributed by atoms with Crippen molar-refractivity contribution in [2.24, 2.45) is 0 Å². The number of nitrogens with one attached hydrogen (secondary N) is 3. The van der Waals surface area contributed by atoms with E-state index in [0.29, 0.717) is 17.1 Å². The molecule has 4 heterocycles. The molecular formula is C24H30N6O. The van der Waals surface area contributed by atoms with Crippen LogP contribution in [0.25, 0.3) is 10.8 Å². The predicted octanol–water partition coefficient (Wildman–Crippen LogP) is 2.89. The number of piperidine rings is 1. The average molecular weight is 419 g/mol. The molecule has 2 aliphatic rings. The zero-order chi connectivity index (χ0) is 21.2. The minimum Gasteiger partial charge on any atom is -0.354 e. The van der Waals surface area contributed by atoms with E-state index in [1.807, 2.05) is 12.1 Å². The summed E-state index contributed by atoms with van der Waals surface area (Å²) in [5.74, 6) is 2.15. The fourth-order valence-electron chi connectivity index (χ4n) is 4.62. The molecule has 3 N–H and O–H groups in total. The molecule has 0 radical (unpaired) electrons. The summed E-state index contributed by atoms with van der Waals surface area (Å²) in [6, 6.07) is 12.6. The lowest BCUT2D eigenvalue weighted by molar-refractivity contribution is 0.312. The highest BCUT2D eigenvalue weighted by Gasteiger charge is 2.19. The smallest absolute Gasteiger partial charge is 0.259 e. The van der Waals surface area contributed by atoms with Crippen molar-refractivity contribution in [2.45, 2.75) is 18.8 Å². The van der Waals surface area contributed by atoms with Crippen LogP contribution in [-0.2, 0) is 0 Å². The molecule has 7 heteroatoms. The first-order valence-electron chi connectivity index (χ1n) is 11.2. The second kappa shape index (κ2) is 8.69. The van der Waals surface area contributed by atoms with Crippen LogP contribution in [0.15, 0.2) is 47.4 Å². The van der Waals surface area contributed by atoms with Crippen molar-refractivity contribution in [3.8, 4) is 0 Å². The molecule has 0 spiro atoms. The van der Waals surface area contributed by atoms with Gasteiger partial charge < -0.3 is 25.4 Å². The second-order valence-electron chi connectivity index (χ2n) is 8.66. The van der Waals surface area contributed by atoms with E-state index < -0.39 is 0 Å². The number of H-pyrrole nitrogens is 1. The number of aromatic nitrogens is 2. The Balaban J connectivity index is 1.46. The molecule has 2 saturated heterocycles. The fourth-order valence-corrected chi connectivity index (χ4v) is 4.62. The molecule has 1 aromatic carbocycles. The maximum atomic E-state index is 12.6. The van der Waals surface area contributed by atoms with Crippen LogP contribution in [-0.4, -0.2) is 61.2 Å². The number of aromatic amines is 1. The number of nitrogens with zero attached hydrogens (tertiary/aromatic N) is 3. The molecule has 2 fully saturated rings. The minimum absolute atomic E-state index is 0.122. The van der Waals surface area contributed by atoms with Gasteiger partial charge in [0.1, 0.15) is 11.6 Å². The van der Waals surface area contributed by atoms with Gasteiger partial charge in [0.05, 0.1) is 5.39 Å². The monoisotopic (exact) mass is 418 g/mol. The first kappa shape index (κ1) is 20.0. The number of likely N-dealkylation sites (N-methyl/N-ethyl adjacent to an activating group) is 1. The summed E-state index contributed by atoms with van der Waals surface area (Å²) < 4.78 is 0. The number of piperazine rings is 1. The largest absolute Gasteiger partial charge is 0.354 e. The summed E-state index contributed by atoms with van der Waals surface area (Å²) in [4.78, 5) is 24.9. The fraction of sp³-hybridized carbons (Fsp3) is 0.417. The molecule has 7 nitrogen and oxygen atoms in total. The van der Waals surface area contributed by atoms with Gasteiger partial charge in [0.15, 0.2) is 0 Å². The van der Waals surface area contributed by atoms with Crippen LogP contribution >= 0.6 is 0 Å². The molecular weight excluding hydrogens is 388 g/mol. The Hall–Kier alpha value is -2.90. The quantitative estimate of drug-likeness (QED) is 0.605. The standard InChI is InChI=1S/C24H30N6O/c1-29-12-14-30(15-13-29)21-16-19-8-11-26-24(31)22(19)23(28-21)27-20-4-2-17(3-5-20)18-6-9-25-10-7-18/h2-5,8,11,16,18,25H,6-7,9-10,12-15H2,1H3,(H,26,31)(H,27,28). The van der Waals surface area contributed by atoms with Crippen molar-refractivity contribution in [3.05, 3.63) is 58.5 Å². The molecule has 0 aliphatic carbocycles.